The maximum Gasteiger partial charge on any atom is 0.333 e. The quantitative estimate of drug-likeness (QED) is 0.620. The summed E-state index contributed by atoms with van der Waals surface area (Å²) in [5, 5.41) is 28.4. The van der Waals surface area contributed by atoms with Crippen molar-refractivity contribution < 1.29 is 10.0 Å². The van der Waals surface area contributed by atoms with E-state index in [0.29, 0.717) is 24.5 Å². The van der Waals surface area contributed by atoms with Crippen LogP contribution in [0.1, 0.15) is 44.7 Å². The molecule has 1 aliphatic carbocycles. The number of hydrogen-bond acceptors (Lipinski definition) is 5. The highest BCUT2D eigenvalue weighted by molar-refractivity contribution is 5.59. The van der Waals surface area contributed by atoms with Crippen LogP contribution in [0, 0.1) is 15.5 Å². The lowest BCUT2D eigenvalue weighted by atomic mass is 9.74. The minimum Gasteiger partial charge on any atom is -0.396 e. The number of nitrogens with one attached hydrogen (secondary N) is 1. The Morgan fingerprint density at radius 2 is 2.10 bits per heavy atom. The molecule has 0 saturated heterocycles. The van der Waals surface area contributed by atoms with Gasteiger partial charge in [0, 0.05) is 19.0 Å². The Kier molecular flexibility index (Phi) is 4.82. The second-order valence-corrected chi connectivity index (χ2v) is 5.95. The van der Waals surface area contributed by atoms with Crippen LogP contribution in [0.4, 0.5) is 11.5 Å². The zero-order valence-electron chi connectivity index (χ0n) is 12.8. The fourth-order valence-corrected chi connectivity index (χ4v) is 3.16. The predicted octanol–water partition coefficient (Wildman–Crippen LogP) is 2.25. The van der Waals surface area contributed by atoms with Crippen molar-refractivity contribution in [2.24, 2.45) is 12.5 Å². The largest absolute Gasteiger partial charge is 0.396 e. The van der Waals surface area contributed by atoms with Crippen molar-refractivity contribution in [3.8, 4) is 0 Å². The summed E-state index contributed by atoms with van der Waals surface area (Å²) < 4.78 is 1.53. The number of nitrogens with zero attached hydrogens (tertiary/aromatic N) is 3. The summed E-state index contributed by atoms with van der Waals surface area (Å²) in [7, 11) is 1.71. The Morgan fingerprint density at radius 3 is 2.62 bits per heavy atom. The van der Waals surface area contributed by atoms with Gasteiger partial charge in [0.15, 0.2) is 0 Å². The van der Waals surface area contributed by atoms with Gasteiger partial charge in [-0.25, -0.2) is 4.68 Å². The van der Waals surface area contributed by atoms with Crippen LogP contribution in [0.25, 0.3) is 0 Å². The van der Waals surface area contributed by atoms with Gasteiger partial charge in [-0.2, -0.15) is 5.10 Å². The van der Waals surface area contributed by atoms with Gasteiger partial charge in [-0.05, 0) is 19.3 Å². The molecule has 0 atom stereocenters. The van der Waals surface area contributed by atoms with Gasteiger partial charge in [-0.15, -0.1) is 0 Å². The molecule has 0 aliphatic heterocycles. The first-order valence-corrected chi connectivity index (χ1v) is 7.58. The van der Waals surface area contributed by atoms with Crippen molar-refractivity contribution in [1.29, 1.82) is 0 Å². The van der Waals surface area contributed by atoms with Crippen LogP contribution in [0.2, 0.25) is 0 Å². The van der Waals surface area contributed by atoms with Gasteiger partial charge in [-0.1, -0.05) is 26.2 Å². The van der Waals surface area contributed by atoms with E-state index in [1.165, 1.54) is 11.1 Å². The standard InChI is InChI=1S/C14H24N4O3/c1-3-11-12(18(20)21)13(17(2)16-11)15-9-14(10-19)7-5-4-6-8-14/h15,19H,3-10H2,1-2H3. The molecule has 0 aromatic carbocycles. The normalized spacial score (nSPS) is 17.7. The fourth-order valence-electron chi connectivity index (χ4n) is 3.16. The maximum absolute atomic E-state index is 11.3. The number of aliphatic hydroxyl groups is 1. The van der Waals surface area contributed by atoms with Crippen molar-refractivity contribution in [2.45, 2.75) is 45.4 Å². The highest BCUT2D eigenvalue weighted by Crippen LogP contribution is 2.37. The van der Waals surface area contributed by atoms with E-state index in [9.17, 15) is 15.2 Å². The molecular weight excluding hydrogens is 272 g/mol. The molecule has 2 N–H and O–H groups in total. The number of nitro groups is 1. The molecule has 118 valence electrons. The Labute approximate surface area is 124 Å². The summed E-state index contributed by atoms with van der Waals surface area (Å²) in [6.07, 6.45) is 5.86. The molecule has 1 heterocycles. The molecule has 21 heavy (non-hydrogen) atoms. The van der Waals surface area contributed by atoms with Gasteiger partial charge in [0.05, 0.1) is 11.5 Å². The van der Waals surface area contributed by atoms with E-state index in [-0.39, 0.29) is 22.6 Å². The summed E-state index contributed by atoms with van der Waals surface area (Å²) in [5.74, 6) is 0.440. The van der Waals surface area contributed by atoms with Crippen molar-refractivity contribution in [2.75, 3.05) is 18.5 Å². The molecule has 0 amide bonds. The summed E-state index contributed by atoms with van der Waals surface area (Å²) in [4.78, 5) is 10.9. The minimum atomic E-state index is -0.374. The van der Waals surface area contributed by atoms with Gasteiger partial charge < -0.3 is 10.4 Å². The molecule has 7 heteroatoms. The molecule has 0 spiro atoms. The fraction of sp³-hybridized carbons (Fsp3) is 0.786. The number of aryl methyl sites for hydroxylation is 2. The first-order chi connectivity index (χ1) is 10.0. The van der Waals surface area contributed by atoms with E-state index in [0.717, 1.165) is 25.7 Å². The third-order valence-electron chi connectivity index (χ3n) is 4.49. The predicted molar refractivity (Wildman–Crippen MR) is 80.3 cm³/mol. The molecule has 0 bridgehead atoms. The van der Waals surface area contributed by atoms with Crippen LogP contribution >= 0.6 is 0 Å². The number of aliphatic hydroxyl groups excluding tert-OH is 1. The van der Waals surface area contributed by atoms with Gasteiger partial charge >= 0.3 is 5.69 Å². The SMILES string of the molecule is CCc1nn(C)c(NCC2(CO)CCCCC2)c1[N+](=O)[O-]. The Balaban J connectivity index is 2.19. The molecule has 1 aromatic rings. The molecule has 0 radical (unpaired) electrons. The first kappa shape index (κ1) is 15.8. The average Bonchev–Trinajstić information content (AvgIpc) is 2.82. The molecule has 7 nitrogen and oxygen atoms in total. The highest BCUT2D eigenvalue weighted by atomic mass is 16.6. The lowest BCUT2D eigenvalue weighted by molar-refractivity contribution is -0.384. The number of rotatable bonds is 6. The van der Waals surface area contributed by atoms with E-state index in [1.54, 1.807) is 7.05 Å². The molecule has 2 rings (SSSR count). The second-order valence-electron chi connectivity index (χ2n) is 5.95. The van der Waals surface area contributed by atoms with Gasteiger partial charge in [0.25, 0.3) is 0 Å². The van der Waals surface area contributed by atoms with Crippen LogP contribution in [-0.2, 0) is 13.5 Å². The van der Waals surface area contributed by atoms with Crippen molar-refractivity contribution in [3.05, 3.63) is 15.8 Å². The number of aromatic nitrogens is 2. The first-order valence-electron chi connectivity index (χ1n) is 7.58. The van der Waals surface area contributed by atoms with Crippen LogP contribution in [0.3, 0.4) is 0 Å². The highest BCUT2D eigenvalue weighted by Gasteiger charge is 2.33. The van der Waals surface area contributed by atoms with E-state index in [2.05, 4.69) is 10.4 Å². The van der Waals surface area contributed by atoms with Crippen LogP contribution in [0.15, 0.2) is 0 Å². The Hall–Kier alpha value is -1.63. The van der Waals surface area contributed by atoms with Gasteiger partial charge in [0.1, 0.15) is 5.69 Å². The van der Waals surface area contributed by atoms with E-state index >= 15 is 0 Å². The lowest BCUT2D eigenvalue weighted by Gasteiger charge is -2.35. The van der Waals surface area contributed by atoms with E-state index < -0.39 is 0 Å². The number of hydrogen-bond donors (Lipinski definition) is 2. The number of anilines is 1. The minimum absolute atomic E-state index is 0.0592. The molecule has 0 unspecified atom stereocenters. The van der Waals surface area contributed by atoms with Crippen LogP contribution < -0.4 is 5.32 Å². The summed E-state index contributed by atoms with van der Waals surface area (Å²) in [5.41, 5.74) is 0.388. The Morgan fingerprint density at radius 1 is 1.43 bits per heavy atom. The summed E-state index contributed by atoms with van der Waals surface area (Å²) >= 11 is 0. The van der Waals surface area contributed by atoms with Gasteiger partial charge in [0.2, 0.25) is 5.82 Å². The monoisotopic (exact) mass is 296 g/mol. The summed E-state index contributed by atoms with van der Waals surface area (Å²) in [6.45, 7) is 2.52. The van der Waals surface area contributed by atoms with Crippen LogP contribution in [0.5, 0.6) is 0 Å². The smallest absolute Gasteiger partial charge is 0.333 e. The van der Waals surface area contributed by atoms with Crippen molar-refractivity contribution in [3.63, 3.8) is 0 Å². The van der Waals surface area contributed by atoms with Crippen molar-refractivity contribution in [1.82, 2.24) is 9.78 Å². The van der Waals surface area contributed by atoms with E-state index in [4.69, 9.17) is 0 Å². The Bertz CT molecular complexity index is 507. The van der Waals surface area contributed by atoms with Gasteiger partial charge in [-0.3, -0.25) is 10.1 Å². The zero-order chi connectivity index (χ0) is 15.5. The lowest BCUT2D eigenvalue weighted by Crippen LogP contribution is -2.36. The zero-order valence-corrected chi connectivity index (χ0v) is 12.8. The second kappa shape index (κ2) is 6.43. The topological polar surface area (TPSA) is 93.2 Å². The maximum atomic E-state index is 11.3. The average molecular weight is 296 g/mol. The third kappa shape index (κ3) is 3.18. The third-order valence-corrected chi connectivity index (χ3v) is 4.49. The summed E-state index contributed by atoms with van der Waals surface area (Å²) in [6, 6.07) is 0. The van der Waals surface area contributed by atoms with Crippen LogP contribution in [-0.4, -0.2) is 33.0 Å². The molecule has 1 aromatic heterocycles. The molecule has 1 fully saturated rings. The molecule has 1 aliphatic rings. The molecular formula is C14H24N4O3. The van der Waals surface area contributed by atoms with E-state index in [1.807, 2.05) is 6.92 Å². The van der Waals surface area contributed by atoms with Crippen molar-refractivity contribution >= 4 is 11.5 Å². The molecule has 1 saturated carbocycles.